The molecule has 0 aromatic carbocycles. The molecule has 3 N–H and O–H groups in total. The predicted molar refractivity (Wildman–Crippen MR) is 36.0 cm³/mol. The average Bonchev–Trinajstić information content (AvgIpc) is 2.34. The van der Waals surface area contributed by atoms with Crippen LogP contribution in [0.3, 0.4) is 0 Å². The number of aromatic amines is 1. The van der Waals surface area contributed by atoms with E-state index < -0.39 is 6.17 Å². The van der Waals surface area contributed by atoms with Crippen molar-refractivity contribution in [3.8, 4) is 0 Å². The Morgan fingerprint density at radius 1 is 1.90 bits per heavy atom. The van der Waals surface area contributed by atoms with Gasteiger partial charge in [0.15, 0.2) is 0 Å². The number of alkyl halides is 1. The fourth-order valence-corrected chi connectivity index (χ4v) is 0.685. The molecule has 0 aliphatic carbocycles. The summed E-state index contributed by atoms with van der Waals surface area (Å²) in [5.74, 6) is 0.625. The first kappa shape index (κ1) is 7.21. The van der Waals surface area contributed by atoms with Crippen LogP contribution in [-0.2, 0) is 6.54 Å². The van der Waals surface area contributed by atoms with Gasteiger partial charge in [-0.15, -0.1) is 0 Å². The van der Waals surface area contributed by atoms with Gasteiger partial charge in [-0.05, 0) is 6.92 Å². The van der Waals surface area contributed by atoms with Crippen LogP contribution in [0, 0.1) is 0 Å². The van der Waals surface area contributed by atoms with Gasteiger partial charge in [-0.25, -0.2) is 9.37 Å². The van der Waals surface area contributed by atoms with E-state index in [9.17, 15) is 4.39 Å². The van der Waals surface area contributed by atoms with Crippen LogP contribution >= 0.6 is 0 Å². The van der Waals surface area contributed by atoms with Crippen LogP contribution < -0.4 is 5.73 Å². The van der Waals surface area contributed by atoms with Gasteiger partial charge in [-0.1, -0.05) is 0 Å². The number of nitrogens with one attached hydrogen (secondary N) is 1. The lowest BCUT2D eigenvalue weighted by molar-refractivity contribution is 0.366. The van der Waals surface area contributed by atoms with E-state index in [2.05, 4.69) is 9.97 Å². The zero-order valence-corrected chi connectivity index (χ0v) is 5.76. The maximum absolute atomic E-state index is 12.5. The molecule has 0 aliphatic rings. The normalized spacial score (nSPS) is 13.5. The number of halogens is 1. The lowest BCUT2D eigenvalue weighted by Crippen LogP contribution is -1.98. The molecule has 0 saturated carbocycles. The summed E-state index contributed by atoms with van der Waals surface area (Å²) in [6.07, 6.45) is 0.472. The monoisotopic (exact) mass is 143 g/mol. The molecule has 0 radical (unpaired) electrons. The number of hydrogen-bond acceptors (Lipinski definition) is 2. The summed E-state index contributed by atoms with van der Waals surface area (Å²) in [5, 5.41) is 0. The zero-order chi connectivity index (χ0) is 7.56. The molecule has 4 heteroatoms. The van der Waals surface area contributed by atoms with Gasteiger partial charge in [-0.2, -0.15) is 0 Å². The molecule has 1 heterocycles. The van der Waals surface area contributed by atoms with Gasteiger partial charge < -0.3 is 10.7 Å². The summed E-state index contributed by atoms with van der Waals surface area (Å²) >= 11 is 0. The molecule has 1 rings (SSSR count). The lowest BCUT2D eigenvalue weighted by Gasteiger charge is -1.93. The maximum atomic E-state index is 12.5. The third kappa shape index (κ3) is 1.33. The zero-order valence-electron chi connectivity index (χ0n) is 5.76. The van der Waals surface area contributed by atoms with Crippen LogP contribution in [0.2, 0.25) is 0 Å². The number of aromatic nitrogens is 2. The van der Waals surface area contributed by atoms with Crippen LogP contribution in [0.25, 0.3) is 0 Å². The Morgan fingerprint density at radius 2 is 2.60 bits per heavy atom. The van der Waals surface area contributed by atoms with Crippen molar-refractivity contribution in [3.63, 3.8) is 0 Å². The van der Waals surface area contributed by atoms with E-state index in [4.69, 9.17) is 5.73 Å². The minimum absolute atomic E-state index is 0.326. The van der Waals surface area contributed by atoms with Crippen molar-refractivity contribution in [1.29, 1.82) is 0 Å². The number of nitrogens with zero attached hydrogens (tertiary/aromatic N) is 1. The maximum Gasteiger partial charge on any atom is 0.139 e. The van der Waals surface area contributed by atoms with Crippen molar-refractivity contribution in [2.24, 2.45) is 5.73 Å². The molecule has 10 heavy (non-hydrogen) atoms. The quantitative estimate of drug-likeness (QED) is 0.646. The summed E-state index contributed by atoms with van der Waals surface area (Å²) in [4.78, 5) is 6.59. The van der Waals surface area contributed by atoms with Gasteiger partial charge in [0.05, 0.1) is 18.4 Å². The SMILES string of the molecule is CC(F)c1cnc(CN)[nH]1. The fourth-order valence-electron chi connectivity index (χ4n) is 0.685. The second-order valence-corrected chi connectivity index (χ2v) is 2.11. The van der Waals surface area contributed by atoms with E-state index >= 15 is 0 Å². The highest BCUT2D eigenvalue weighted by molar-refractivity contribution is 5.03. The Labute approximate surface area is 58.5 Å². The molecule has 0 fully saturated rings. The first-order chi connectivity index (χ1) is 4.74. The Bertz CT molecular complexity index is 207. The molecule has 1 aromatic rings. The number of nitrogens with two attached hydrogens (primary N) is 1. The number of H-pyrrole nitrogens is 1. The Hall–Kier alpha value is -0.900. The van der Waals surface area contributed by atoms with E-state index in [0.29, 0.717) is 18.1 Å². The van der Waals surface area contributed by atoms with E-state index in [-0.39, 0.29) is 0 Å². The van der Waals surface area contributed by atoms with E-state index in [0.717, 1.165) is 0 Å². The first-order valence-electron chi connectivity index (χ1n) is 3.12. The fraction of sp³-hybridized carbons (Fsp3) is 0.500. The molecule has 1 atom stereocenters. The predicted octanol–water partition coefficient (Wildman–Crippen LogP) is 0.899. The van der Waals surface area contributed by atoms with Crippen LogP contribution in [-0.4, -0.2) is 9.97 Å². The van der Waals surface area contributed by atoms with E-state index in [1.54, 1.807) is 0 Å². The molecule has 56 valence electrons. The van der Waals surface area contributed by atoms with Crippen LogP contribution in [0.1, 0.15) is 24.6 Å². The second-order valence-electron chi connectivity index (χ2n) is 2.11. The van der Waals surface area contributed by atoms with Crippen molar-refractivity contribution in [2.75, 3.05) is 0 Å². The molecule has 0 bridgehead atoms. The largest absolute Gasteiger partial charge is 0.342 e. The Kier molecular flexibility index (Phi) is 2.01. The number of imidazole rings is 1. The number of rotatable bonds is 2. The third-order valence-electron chi connectivity index (χ3n) is 1.27. The Morgan fingerprint density at radius 3 is 2.90 bits per heavy atom. The molecule has 0 saturated heterocycles. The Balaban J connectivity index is 2.78. The summed E-state index contributed by atoms with van der Waals surface area (Å²) < 4.78 is 12.5. The van der Waals surface area contributed by atoms with Crippen molar-refractivity contribution < 1.29 is 4.39 Å². The minimum atomic E-state index is -0.993. The summed E-state index contributed by atoms with van der Waals surface area (Å²) in [6.45, 7) is 1.78. The third-order valence-corrected chi connectivity index (χ3v) is 1.27. The standard InChI is InChI=1S/C6H10FN3/c1-4(7)5-3-9-6(2-8)10-5/h3-4H,2,8H2,1H3,(H,9,10). The first-order valence-corrected chi connectivity index (χ1v) is 3.12. The van der Waals surface area contributed by atoms with Gasteiger partial charge in [0.1, 0.15) is 12.0 Å². The average molecular weight is 143 g/mol. The van der Waals surface area contributed by atoms with Crippen LogP contribution in [0.5, 0.6) is 0 Å². The van der Waals surface area contributed by atoms with Gasteiger partial charge in [0, 0.05) is 0 Å². The van der Waals surface area contributed by atoms with Crippen molar-refractivity contribution >= 4 is 0 Å². The molecule has 3 nitrogen and oxygen atoms in total. The number of hydrogen-bond donors (Lipinski definition) is 2. The van der Waals surface area contributed by atoms with Crippen molar-refractivity contribution in [1.82, 2.24) is 9.97 Å². The van der Waals surface area contributed by atoms with E-state index in [1.807, 2.05) is 0 Å². The minimum Gasteiger partial charge on any atom is -0.342 e. The summed E-state index contributed by atoms with van der Waals surface area (Å²) in [7, 11) is 0. The molecule has 0 spiro atoms. The summed E-state index contributed by atoms with van der Waals surface area (Å²) in [6, 6.07) is 0. The molecule has 0 aliphatic heterocycles. The molecular weight excluding hydrogens is 133 g/mol. The van der Waals surface area contributed by atoms with Gasteiger partial charge in [0.25, 0.3) is 0 Å². The van der Waals surface area contributed by atoms with Crippen molar-refractivity contribution in [3.05, 3.63) is 17.7 Å². The molecule has 1 aromatic heterocycles. The molecule has 0 amide bonds. The highest BCUT2D eigenvalue weighted by Gasteiger charge is 2.04. The molecule has 1 unspecified atom stereocenters. The summed E-state index contributed by atoms with van der Waals surface area (Å²) in [5.41, 5.74) is 5.73. The smallest absolute Gasteiger partial charge is 0.139 e. The lowest BCUT2D eigenvalue weighted by atomic mass is 10.3. The van der Waals surface area contributed by atoms with Crippen molar-refractivity contribution in [2.45, 2.75) is 19.6 Å². The van der Waals surface area contributed by atoms with Gasteiger partial charge in [-0.3, -0.25) is 0 Å². The van der Waals surface area contributed by atoms with E-state index in [1.165, 1.54) is 13.1 Å². The van der Waals surface area contributed by atoms with Crippen LogP contribution in [0.15, 0.2) is 6.20 Å². The topological polar surface area (TPSA) is 54.7 Å². The highest BCUT2D eigenvalue weighted by Crippen LogP contribution is 2.12. The highest BCUT2D eigenvalue weighted by atomic mass is 19.1. The van der Waals surface area contributed by atoms with Crippen LogP contribution in [0.4, 0.5) is 4.39 Å². The van der Waals surface area contributed by atoms with Gasteiger partial charge >= 0.3 is 0 Å². The molecular formula is C6H10FN3. The second kappa shape index (κ2) is 2.79. The van der Waals surface area contributed by atoms with Gasteiger partial charge in [0.2, 0.25) is 0 Å².